The highest BCUT2D eigenvalue weighted by Gasteiger charge is 2.02. The number of halogens is 1. The molecule has 4 heteroatoms. The largest absolute Gasteiger partial charge is 0.323 e. The van der Waals surface area contributed by atoms with Gasteiger partial charge in [0, 0.05) is 4.47 Å². The molecule has 0 saturated heterocycles. The lowest BCUT2D eigenvalue weighted by Gasteiger charge is -2.07. The lowest BCUT2D eigenvalue weighted by atomic mass is 10.2. The predicted octanol–water partition coefficient (Wildman–Crippen LogP) is 3.02. The Morgan fingerprint density at radius 2 is 2.29 bits per heavy atom. The Labute approximate surface area is 91.3 Å². The fourth-order valence-corrected chi connectivity index (χ4v) is 1.56. The third kappa shape index (κ3) is 2.88. The molecule has 0 aliphatic rings. The van der Waals surface area contributed by atoms with Crippen molar-refractivity contribution < 1.29 is 4.79 Å². The monoisotopic (exact) mass is 254 g/mol. The summed E-state index contributed by atoms with van der Waals surface area (Å²) in [6, 6.07) is 5.39. The Balaban J connectivity index is 2.76. The molecule has 3 nitrogen and oxygen atoms in total. The molecule has 0 aromatic heterocycles. The first-order valence-electron chi connectivity index (χ1n) is 4.08. The molecule has 0 spiro atoms. The molecular formula is C10H11BrN2O. The zero-order valence-electron chi connectivity index (χ0n) is 7.80. The van der Waals surface area contributed by atoms with Gasteiger partial charge in [-0.25, -0.2) is 4.79 Å². The third-order valence-corrected chi connectivity index (χ3v) is 2.26. The summed E-state index contributed by atoms with van der Waals surface area (Å²) in [7, 11) is 0. The molecule has 0 heterocycles. The summed E-state index contributed by atoms with van der Waals surface area (Å²) in [5.41, 5.74) is 1.86. The highest BCUT2D eigenvalue weighted by molar-refractivity contribution is 9.10. The highest BCUT2D eigenvalue weighted by Crippen LogP contribution is 2.22. The Bertz CT molecular complexity index is 363. The van der Waals surface area contributed by atoms with Crippen LogP contribution in [0.25, 0.3) is 0 Å². The summed E-state index contributed by atoms with van der Waals surface area (Å²) in [5.74, 6) is 0. The van der Waals surface area contributed by atoms with E-state index in [0.29, 0.717) is 0 Å². The van der Waals surface area contributed by atoms with Crippen LogP contribution < -0.4 is 10.6 Å². The van der Waals surface area contributed by atoms with Gasteiger partial charge in [0.05, 0.1) is 5.69 Å². The van der Waals surface area contributed by atoms with Gasteiger partial charge in [0.2, 0.25) is 0 Å². The Kier molecular flexibility index (Phi) is 3.71. The molecule has 2 amide bonds. The van der Waals surface area contributed by atoms with Gasteiger partial charge in [-0.3, -0.25) is 0 Å². The molecule has 0 unspecified atom stereocenters. The van der Waals surface area contributed by atoms with E-state index < -0.39 is 0 Å². The first-order valence-corrected chi connectivity index (χ1v) is 4.87. The van der Waals surface area contributed by atoms with E-state index in [4.69, 9.17) is 0 Å². The minimum absolute atomic E-state index is 0.301. The number of carbonyl (C=O) groups excluding carboxylic acids is 1. The van der Waals surface area contributed by atoms with Gasteiger partial charge < -0.3 is 10.6 Å². The van der Waals surface area contributed by atoms with Gasteiger partial charge >= 0.3 is 6.03 Å². The van der Waals surface area contributed by atoms with Crippen LogP contribution in [0, 0.1) is 6.92 Å². The molecule has 0 saturated carbocycles. The predicted molar refractivity (Wildman–Crippen MR) is 61.2 cm³/mol. The van der Waals surface area contributed by atoms with Crippen LogP contribution >= 0.6 is 15.9 Å². The number of carbonyl (C=O) groups is 1. The first kappa shape index (κ1) is 10.8. The molecule has 74 valence electrons. The Hall–Kier alpha value is -1.29. The average molecular weight is 255 g/mol. The van der Waals surface area contributed by atoms with Crippen LogP contribution in [0.15, 0.2) is 35.5 Å². The van der Waals surface area contributed by atoms with Crippen LogP contribution in [0.2, 0.25) is 0 Å². The summed E-state index contributed by atoms with van der Waals surface area (Å²) in [5, 5.41) is 5.10. The molecule has 0 aliphatic heterocycles. The van der Waals surface area contributed by atoms with Crippen molar-refractivity contribution >= 4 is 27.6 Å². The van der Waals surface area contributed by atoms with Crippen molar-refractivity contribution in [3.05, 3.63) is 41.0 Å². The molecule has 14 heavy (non-hydrogen) atoms. The van der Waals surface area contributed by atoms with E-state index in [1.807, 2.05) is 25.1 Å². The van der Waals surface area contributed by atoms with Gasteiger partial charge in [0.15, 0.2) is 0 Å². The first-order chi connectivity index (χ1) is 6.63. The van der Waals surface area contributed by atoms with Crippen LogP contribution in [-0.2, 0) is 0 Å². The molecule has 2 N–H and O–H groups in total. The number of hydrogen-bond donors (Lipinski definition) is 2. The van der Waals surface area contributed by atoms with Gasteiger partial charge in [-0.15, -0.1) is 0 Å². The summed E-state index contributed by atoms with van der Waals surface area (Å²) < 4.78 is 0.858. The van der Waals surface area contributed by atoms with Crippen LogP contribution in [0.5, 0.6) is 0 Å². The Morgan fingerprint density at radius 1 is 1.57 bits per heavy atom. The lowest BCUT2D eigenvalue weighted by molar-refractivity contribution is 0.255. The molecule has 1 aromatic rings. The molecule has 0 fully saturated rings. The lowest BCUT2D eigenvalue weighted by Crippen LogP contribution is -2.23. The van der Waals surface area contributed by atoms with Crippen molar-refractivity contribution in [1.82, 2.24) is 5.32 Å². The van der Waals surface area contributed by atoms with Crippen LogP contribution in [-0.4, -0.2) is 6.03 Å². The number of hydrogen-bond acceptors (Lipinski definition) is 1. The standard InChI is InChI=1S/C10H11BrN2O/c1-3-12-10(14)13-9-5-4-7(2)6-8(9)11/h3-6H,1H2,2H3,(H2,12,13,14). The SMILES string of the molecule is C=CNC(=O)Nc1ccc(C)cc1Br. The molecule has 0 aliphatic carbocycles. The van der Waals surface area contributed by atoms with Gasteiger partial charge in [-0.05, 0) is 46.7 Å². The van der Waals surface area contributed by atoms with Gasteiger partial charge in [-0.2, -0.15) is 0 Å². The van der Waals surface area contributed by atoms with E-state index in [1.54, 1.807) is 0 Å². The molecule has 0 radical (unpaired) electrons. The number of urea groups is 1. The second kappa shape index (κ2) is 4.81. The summed E-state index contributed by atoms with van der Waals surface area (Å²) in [6.45, 7) is 5.38. The van der Waals surface area contributed by atoms with Crippen molar-refractivity contribution in [3.8, 4) is 0 Å². The quantitative estimate of drug-likeness (QED) is 0.837. The summed E-state index contributed by atoms with van der Waals surface area (Å²) in [6.07, 6.45) is 1.33. The average Bonchev–Trinajstić information content (AvgIpc) is 2.10. The molecule has 0 atom stereocenters. The zero-order valence-corrected chi connectivity index (χ0v) is 9.39. The number of amides is 2. The number of nitrogens with one attached hydrogen (secondary N) is 2. The maximum atomic E-state index is 11.1. The number of benzene rings is 1. The summed E-state index contributed by atoms with van der Waals surface area (Å²) in [4.78, 5) is 11.1. The maximum absolute atomic E-state index is 11.1. The van der Waals surface area contributed by atoms with Crippen molar-refractivity contribution in [2.75, 3.05) is 5.32 Å². The maximum Gasteiger partial charge on any atom is 0.323 e. The number of anilines is 1. The van der Waals surface area contributed by atoms with Gasteiger partial charge in [0.25, 0.3) is 0 Å². The van der Waals surface area contributed by atoms with Crippen LogP contribution in [0.3, 0.4) is 0 Å². The highest BCUT2D eigenvalue weighted by atomic mass is 79.9. The van der Waals surface area contributed by atoms with Crippen LogP contribution in [0.4, 0.5) is 10.5 Å². The van der Waals surface area contributed by atoms with E-state index in [1.165, 1.54) is 6.20 Å². The van der Waals surface area contributed by atoms with E-state index >= 15 is 0 Å². The molecule has 1 rings (SSSR count). The van der Waals surface area contributed by atoms with Crippen molar-refractivity contribution in [1.29, 1.82) is 0 Å². The van der Waals surface area contributed by atoms with Crippen molar-refractivity contribution in [2.45, 2.75) is 6.92 Å². The second-order valence-electron chi connectivity index (χ2n) is 2.79. The normalized spacial score (nSPS) is 9.29. The second-order valence-corrected chi connectivity index (χ2v) is 3.64. The van der Waals surface area contributed by atoms with Gasteiger partial charge in [0.1, 0.15) is 0 Å². The molecule has 1 aromatic carbocycles. The van der Waals surface area contributed by atoms with Crippen molar-refractivity contribution in [3.63, 3.8) is 0 Å². The van der Waals surface area contributed by atoms with E-state index in [0.717, 1.165) is 15.7 Å². The number of aryl methyl sites for hydroxylation is 1. The zero-order chi connectivity index (χ0) is 10.6. The number of rotatable bonds is 2. The van der Waals surface area contributed by atoms with E-state index in [9.17, 15) is 4.79 Å². The molecular weight excluding hydrogens is 244 g/mol. The fourth-order valence-electron chi connectivity index (χ4n) is 0.973. The third-order valence-electron chi connectivity index (χ3n) is 1.61. The Morgan fingerprint density at radius 3 is 2.86 bits per heavy atom. The minimum Gasteiger partial charge on any atom is -0.315 e. The van der Waals surface area contributed by atoms with Crippen molar-refractivity contribution in [2.24, 2.45) is 0 Å². The van der Waals surface area contributed by atoms with Gasteiger partial charge in [-0.1, -0.05) is 12.6 Å². The van der Waals surface area contributed by atoms with E-state index in [2.05, 4.69) is 33.1 Å². The molecule has 0 bridgehead atoms. The van der Waals surface area contributed by atoms with Crippen LogP contribution in [0.1, 0.15) is 5.56 Å². The smallest absolute Gasteiger partial charge is 0.315 e. The topological polar surface area (TPSA) is 41.1 Å². The minimum atomic E-state index is -0.301. The fraction of sp³-hybridized carbons (Fsp3) is 0.100. The summed E-state index contributed by atoms with van der Waals surface area (Å²) >= 11 is 3.36. The van der Waals surface area contributed by atoms with E-state index in [-0.39, 0.29) is 6.03 Å².